The third-order valence-electron chi connectivity index (χ3n) is 3.12. The average Bonchev–Trinajstić information content (AvgIpc) is 2.95. The van der Waals surface area contributed by atoms with Gasteiger partial charge in [0.25, 0.3) is 11.4 Å². The second kappa shape index (κ2) is 5.93. The summed E-state index contributed by atoms with van der Waals surface area (Å²) in [5.74, 6) is 0. The number of hydrogen-bond acceptors (Lipinski definition) is 6. The molecule has 0 saturated heterocycles. The molecular weight excluding hydrogens is 318 g/mol. The fourth-order valence-electron chi connectivity index (χ4n) is 1.99. The fourth-order valence-corrected chi connectivity index (χ4v) is 2.84. The van der Waals surface area contributed by atoms with Crippen LogP contribution in [0.3, 0.4) is 0 Å². The van der Waals surface area contributed by atoms with E-state index in [1.54, 1.807) is 30.4 Å². The number of rotatable bonds is 4. The van der Waals surface area contributed by atoms with E-state index in [0.717, 1.165) is 10.3 Å². The van der Waals surface area contributed by atoms with Crippen molar-refractivity contribution in [2.24, 2.45) is 0 Å². The second-order valence-corrected chi connectivity index (χ2v) is 5.71. The van der Waals surface area contributed by atoms with Gasteiger partial charge in [-0.1, -0.05) is 6.08 Å². The zero-order valence-corrected chi connectivity index (χ0v) is 12.4. The van der Waals surface area contributed by atoms with E-state index >= 15 is 0 Å². The first-order valence-electron chi connectivity index (χ1n) is 6.50. The van der Waals surface area contributed by atoms with E-state index in [1.165, 1.54) is 35.6 Å². The number of non-ortho nitro benzene ring substituents is 2. The van der Waals surface area contributed by atoms with Crippen LogP contribution in [-0.4, -0.2) is 14.8 Å². The normalized spacial score (nSPS) is 11.1. The molecule has 0 amide bonds. The monoisotopic (exact) mass is 327 g/mol. The fraction of sp³-hybridized carbons (Fsp3) is 0. The number of nitro groups is 2. The molecule has 0 bridgehead atoms. The van der Waals surface area contributed by atoms with Gasteiger partial charge in [-0.3, -0.25) is 20.2 Å². The van der Waals surface area contributed by atoms with Crippen molar-refractivity contribution in [3.63, 3.8) is 0 Å². The van der Waals surface area contributed by atoms with Crippen molar-refractivity contribution in [1.29, 1.82) is 0 Å². The predicted octanol–water partition coefficient (Wildman–Crippen LogP) is 4.28. The van der Waals surface area contributed by atoms with Gasteiger partial charge in [-0.15, -0.1) is 11.3 Å². The van der Waals surface area contributed by atoms with Gasteiger partial charge in [-0.25, -0.2) is 4.98 Å². The van der Waals surface area contributed by atoms with Gasteiger partial charge in [0, 0.05) is 24.3 Å². The second-order valence-electron chi connectivity index (χ2n) is 4.64. The summed E-state index contributed by atoms with van der Waals surface area (Å²) in [4.78, 5) is 24.8. The maximum atomic E-state index is 10.8. The molecule has 8 heteroatoms. The highest BCUT2D eigenvalue weighted by molar-refractivity contribution is 7.19. The Morgan fingerprint density at radius 2 is 1.57 bits per heavy atom. The number of hydrogen-bond donors (Lipinski definition) is 0. The highest BCUT2D eigenvalue weighted by Gasteiger charge is 2.09. The number of nitrogens with zero attached hydrogens (tertiary/aromatic N) is 3. The molecule has 0 radical (unpaired) electrons. The van der Waals surface area contributed by atoms with Crippen LogP contribution in [-0.2, 0) is 0 Å². The van der Waals surface area contributed by atoms with Crippen LogP contribution in [0.4, 0.5) is 11.4 Å². The van der Waals surface area contributed by atoms with Crippen LogP contribution in [0, 0.1) is 20.2 Å². The molecule has 1 aromatic heterocycles. The Morgan fingerprint density at radius 3 is 2.22 bits per heavy atom. The van der Waals surface area contributed by atoms with E-state index in [2.05, 4.69) is 4.98 Å². The molecule has 0 fully saturated rings. The van der Waals surface area contributed by atoms with Crippen molar-refractivity contribution in [2.45, 2.75) is 0 Å². The van der Waals surface area contributed by atoms with Crippen molar-refractivity contribution in [3.8, 4) is 0 Å². The summed E-state index contributed by atoms with van der Waals surface area (Å²) in [6.07, 6.45) is 3.56. The van der Waals surface area contributed by atoms with Crippen molar-refractivity contribution in [2.75, 3.05) is 0 Å². The standard InChI is InChI=1S/C15H9N3O4S/c19-17(20)11-4-1-10(2-5-11)3-8-15-16-13-9-12(18(21)22)6-7-14(13)23-15/h1-9H/b8-3+. The molecule has 3 rings (SSSR count). The summed E-state index contributed by atoms with van der Waals surface area (Å²) in [6, 6.07) is 10.7. The zero-order chi connectivity index (χ0) is 16.4. The van der Waals surface area contributed by atoms with E-state index in [1.807, 2.05) is 0 Å². The Balaban J connectivity index is 1.85. The topological polar surface area (TPSA) is 99.2 Å². The maximum Gasteiger partial charge on any atom is 0.271 e. The van der Waals surface area contributed by atoms with Crippen LogP contribution in [0.2, 0.25) is 0 Å². The molecule has 3 aromatic rings. The Labute approximate surface area is 133 Å². The maximum absolute atomic E-state index is 10.8. The minimum Gasteiger partial charge on any atom is -0.258 e. The SMILES string of the molecule is O=[N+]([O-])c1ccc(/C=C/c2nc3cc([N+](=O)[O-])ccc3s2)cc1. The lowest BCUT2D eigenvalue weighted by molar-refractivity contribution is -0.385. The van der Waals surface area contributed by atoms with Crippen LogP contribution < -0.4 is 0 Å². The van der Waals surface area contributed by atoms with Crippen LogP contribution in [0.25, 0.3) is 22.4 Å². The number of benzene rings is 2. The minimum atomic E-state index is -0.453. The molecule has 0 unspecified atom stereocenters. The lowest BCUT2D eigenvalue weighted by Gasteiger charge is -1.92. The lowest BCUT2D eigenvalue weighted by atomic mass is 10.2. The number of fused-ring (bicyclic) bond motifs is 1. The van der Waals surface area contributed by atoms with Crippen molar-refractivity contribution >= 4 is 45.1 Å². The van der Waals surface area contributed by atoms with Gasteiger partial charge in [-0.2, -0.15) is 0 Å². The van der Waals surface area contributed by atoms with Crippen LogP contribution in [0.1, 0.15) is 10.6 Å². The third kappa shape index (κ3) is 3.22. The molecule has 0 spiro atoms. The van der Waals surface area contributed by atoms with Gasteiger partial charge in [-0.05, 0) is 29.8 Å². The van der Waals surface area contributed by atoms with E-state index in [-0.39, 0.29) is 11.4 Å². The largest absolute Gasteiger partial charge is 0.271 e. The van der Waals surface area contributed by atoms with E-state index in [4.69, 9.17) is 0 Å². The molecule has 0 N–H and O–H groups in total. The molecule has 1 heterocycles. The van der Waals surface area contributed by atoms with Gasteiger partial charge in [0.2, 0.25) is 0 Å². The molecular formula is C15H9N3O4S. The van der Waals surface area contributed by atoms with Gasteiger partial charge >= 0.3 is 0 Å². The highest BCUT2D eigenvalue weighted by atomic mass is 32.1. The summed E-state index contributed by atoms with van der Waals surface area (Å²) in [6.45, 7) is 0. The van der Waals surface area contributed by atoms with Crippen LogP contribution in [0.15, 0.2) is 42.5 Å². The Morgan fingerprint density at radius 1 is 0.913 bits per heavy atom. The van der Waals surface area contributed by atoms with E-state index in [0.29, 0.717) is 10.5 Å². The zero-order valence-electron chi connectivity index (χ0n) is 11.6. The van der Waals surface area contributed by atoms with E-state index in [9.17, 15) is 20.2 Å². The Kier molecular flexibility index (Phi) is 3.82. The van der Waals surface area contributed by atoms with Crippen LogP contribution in [0.5, 0.6) is 0 Å². The van der Waals surface area contributed by atoms with E-state index < -0.39 is 9.85 Å². The summed E-state index contributed by atoms with van der Waals surface area (Å²) >= 11 is 1.42. The quantitative estimate of drug-likeness (QED) is 0.526. The molecule has 0 saturated carbocycles. The van der Waals surface area contributed by atoms with Crippen molar-refractivity contribution in [3.05, 3.63) is 73.3 Å². The highest BCUT2D eigenvalue weighted by Crippen LogP contribution is 2.27. The molecule has 23 heavy (non-hydrogen) atoms. The number of thiazole rings is 1. The molecule has 0 aliphatic rings. The summed E-state index contributed by atoms with van der Waals surface area (Å²) in [7, 11) is 0. The van der Waals surface area contributed by atoms with Gasteiger partial charge in [0.1, 0.15) is 5.01 Å². The minimum absolute atomic E-state index is 0.00805. The molecule has 7 nitrogen and oxygen atoms in total. The van der Waals surface area contributed by atoms with Crippen LogP contribution >= 0.6 is 11.3 Å². The smallest absolute Gasteiger partial charge is 0.258 e. The van der Waals surface area contributed by atoms with Crippen molar-refractivity contribution in [1.82, 2.24) is 4.98 Å². The molecule has 0 atom stereocenters. The molecule has 2 aromatic carbocycles. The number of aromatic nitrogens is 1. The molecule has 114 valence electrons. The first kappa shape index (κ1) is 14.8. The Hall–Kier alpha value is -3.13. The summed E-state index contributed by atoms with van der Waals surface area (Å²) in [5, 5.41) is 22.1. The van der Waals surface area contributed by atoms with Crippen molar-refractivity contribution < 1.29 is 9.85 Å². The third-order valence-corrected chi connectivity index (χ3v) is 4.12. The van der Waals surface area contributed by atoms with Gasteiger partial charge in [0.05, 0.1) is 20.1 Å². The molecule has 0 aliphatic carbocycles. The molecule has 0 aliphatic heterocycles. The summed E-state index contributed by atoms with van der Waals surface area (Å²) < 4.78 is 0.860. The first-order valence-corrected chi connectivity index (χ1v) is 7.32. The van der Waals surface area contributed by atoms with Gasteiger partial charge in [0.15, 0.2) is 0 Å². The lowest BCUT2D eigenvalue weighted by Crippen LogP contribution is -1.86. The predicted molar refractivity (Wildman–Crippen MR) is 88.3 cm³/mol. The number of nitro benzene ring substituents is 2. The average molecular weight is 327 g/mol. The first-order chi connectivity index (χ1) is 11.0. The summed E-state index contributed by atoms with van der Waals surface area (Å²) in [5.41, 5.74) is 1.43. The van der Waals surface area contributed by atoms with Gasteiger partial charge < -0.3 is 0 Å². The Bertz CT molecular complexity index is 932.